The second-order valence-electron chi connectivity index (χ2n) is 0.202. The minimum absolute atomic E-state index is 0.385. The van der Waals surface area contributed by atoms with E-state index in [1.54, 1.807) is 0 Å². The van der Waals surface area contributed by atoms with Crippen molar-refractivity contribution in [3.05, 3.63) is 0 Å². The Hall–Kier alpha value is 3.76. The fourth-order valence-corrected chi connectivity index (χ4v) is 0. The van der Waals surface area contributed by atoms with E-state index in [9.17, 15) is 0 Å². The van der Waals surface area contributed by atoms with Crippen LogP contribution in [0.2, 0.25) is 0 Å². The van der Waals surface area contributed by atoms with E-state index in [1.165, 1.54) is 0 Å². The van der Waals surface area contributed by atoms with Crippen molar-refractivity contribution in [2.24, 2.45) is 0 Å². The van der Waals surface area contributed by atoms with Gasteiger partial charge in [0.25, 0.3) is 0 Å². The van der Waals surface area contributed by atoms with Gasteiger partial charge in [0.1, 0.15) is 0 Å². The Kier molecular flexibility index (Phi) is 33.0. The first-order valence-electron chi connectivity index (χ1n) is 1.07. The van der Waals surface area contributed by atoms with Crippen molar-refractivity contribution in [2.45, 2.75) is 0 Å². The quantitative estimate of drug-likeness (QED) is 0.411. The van der Waals surface area contributed by atoms with E-state index in [4.69, 9.17) is 0 Å². The number of rotatable bonds is 0. The van der Waals surface area contributed by atoms with Crippen molar-refractivity contribution in [1.29, 1.82) is 0 Å². The Bertz CT molecular complexity index is 7.51. The molecule has 0 heterocycles. The van der Waals surface area contributed by atoms with Gasteiger partial charge < -0.3 is 0 Å². The Morgan fingerprint density at radius 1 is 0.667 bits per heavy atom. The van der Waals surface area contributed by atoms with E-state index < -0.39 is 0 Å². The molecule has 0 nitrogen and oxygen atoms in total. The average Bonchev–Trinajstić information content (AvgIpc) is 1.39. The Labute approximate surface area is 84.2 Å². The number of hydrogen-bond donors (Lipinski definition) is 0. The molecule has 6 heavy (non-hydrogen) atoms. The summed E-state index contributed by atoms with van der Waals surface area (Å²) in [6.07, 6.45) is 0. The van der Waals surface area contributed by atoms with Crippen LogP contribution in [0, 0.1) is 0 Å². The molecule has 0 bridgehead atoms. The molecule has 0 atom stereocenters. The summed E-state index contributed by atoms with van der Waals surface area (Å²) in [6, 6.07) is 0. The summed E-state index contributed by atoms with van der Waals surface area (Å²) in [5, 5.41) is 0. The van der Waals surface area contributed by atoms with Gasteiger partial charge in [0, 0.05) is 0 Å². The van der Waals surface area contributed by atoms with Gasteiger partial charge in [0.05, 0.1) is 0 Å². The normalized spacial score (nSPS) is 3.33. The number of halogens is 4. The van der Waals surface area contributed by atoms with Crippen LogP contribution in [0.1, 0.15) is 0 Å². The zero-order valence-corrected chi connectivity index (χ0v) is 17.3. The van der Waals surface area contributed by atoms with Crippen LogP contribution in [-0.4, -0.2) is 0 Å². The molecule has 6 heteroatoms. The molecule has 0 rings (SSSR count). The fraction of sp³-hybridized carbons (Fsp3) is 0. The molecule has 0 saturated carbocycles. The van der Waals surface area contributed by atoms with Crippen molar-refractivity contribution >= 4 is 47.9 Å². The third-order valence-electron chi connectivity index (χ3n) is 0. The summed E-state index contributed by atoms with van der Waals surface area (Å²) < 4.78 is 0. The molecule has 0 fully saturated rings. The summed E-state index contributed by atoms with van der Waals surface area (Å²) in [6.45, 7) is 0. The Morgan fingerprint density at radius 3 is 0.667 bits per heavy atom. The summed E-state index contributed by atoms with van der Waals surface area (Å²) in [5.41, 5.74) is 0. The predicted octanol–water partition coefficient (Wildman–Crippen LogP) is 3.38. The first-order chi connectivity index (χ1) is 2.83. The van der Waals surface area contributed by atoms with Gasteiger partial charge >= 0.3 is 86.8 Å². The maximum atomic E-state index is 3.27. The van der Waals surface area contributed by atoms with Crippen LogP contribution in [0.4, 0.5) is 0 Å². The molecule has 0 amide bonds. The van der Waals surface area contributed by atoms with E-state index in [0.717, 1.165) is 0 Å². The van der Waals surface area contributed by atoms with E-state index in [1.807, 2.05) is 0 Å². The molecular formula is Br4Cd2. The molecule has 0 aromatic heterocycles. The third kappa shape index (κ3) is 25.1. The van der Waals surface area contributed by atoms with Crippen molar-refractivity contribution < 1.29 is 38.8 Å². The van der Waals surface area contributed by atoms with Crippen molar-refractivity contribution in [3.8, 4) is 0 Å². The second-order valence-corrected chi connectivity index (χ2v) is 36.6. The van der Waals surface area contributed by atoms with E-state index >= 15 is 0 Å². The zero-order valence-electron chi connectivity index (χ0n) is 2.93. The first-order valence-corrected chi connectivity index (χ1v) is 37.3. The molecule has 0 saturated heterocycles. The summed E-state index contributed by atoms with van der Waals surface area (Å²) >= 11 is 12.3. The molecule has 0 unspecified atom stereocenters. The van der Waals surface area contributed by atoms with Crippen LogP contribution < -0.4 is 0 Å². The molecule has 0 aliphatic heterocycles. The van der Waals surface area contributed by atoms with Crippen LogP contribution in [0.15, 0.2) is 0 Å². The van der Waals surface area contributed by atoms with Gasteiger partial charge in [-0.25, -0.2) is 0 Å². The fourth-order valence-electron chi connectivity index (χ4n) is 0. The predicted molar refractivity (Wildman–Crippen MR) is 35.7 cm³/mol. The summed E-state index contributed by atoms with van der Waals surface area (Å²) in [7, 11) is 0. The number of hydrogen-bond acceptors (Lipinski definition) is 0. The van der Waals surface area contributed by atoms with Crippen molar-refractivity contribution in [3.63, 3.8) is 0 Å². The average molecular weight is 544 g/mol. The molecule has 0 aliphatic carbocycles. The maximum absolute atomic E-state index is 3.27. The van der Waals surface area contributed by atoms with Crippen LogP contribution in [-0.2, 0) is 38.8 Å². The van der Waals surface area contributed by atoms with Gasteiger partial charge in [-0.1, -0.05) is 0 Å². The van der Waals surface area contributed by atoms with E-state index in [2.05, 4.69) is 47.9 Å². The molecule has 0 aromatic carbocycles. The molecule has 0 N–H and O–H groups in total. The van der Waals surface area contributed by atoms with E-state index in [0.29, 0.717) is 0 Å². The third-order valence-corrected chi connectivity index (χ3v) is 0. The summed E-state index contributed by atoms with van der Waals surface area (Å²) in [5.74, 6) is 0. The minimum atomic E-state index is -0.385. The van der Waals surface area contributed by atoms with Gasteiger partial charge in [-0.2, -0.15) is 0 Å². The Morgan fingerprint density at radius 2 is 0.667 bits per heavy atom. The SMILES string of the molecule is [Br][Cd][Br].[Br][Cd][Br]. The van der Waals surface area contributed by atoms with Crippen LogP contribution >= 0.6 is 47.9 Å². The molecular weight excluding hydrogens is 544 g/mol. The van der Waals surface area contributed by atoms with Gasteiger partial charge in [-0.15, -0.1) is 0 Å². The topological polar surface area (TPSA) is 0 Å². The van der Waals surface area contributed by atoms with Crippen molar-refractivity contribution in [1.82, 2.24) is 0 Å². The molecule has 0 radical (unpaired) electrons. The van der Waals surface area contributed by atoms with Crippen LogP contribution in [0.3, 0.4) is 0 Å². The standard InChI is InChI=1S/4BrH.2Cd/h4*1H;;/q;;;;2*+2/p-4. The summed E-state index contributed by atoms with van der Waals surface area (Å²) in [4.78, 5) is 0. The molecule has 0 aromatic rings. The zero-order chi connectivity index (χ0) is 5.41. The van der Waals surface area contributed by atoms with Crippen LogP contribution in [0.5, 0.6) is 0 Å². The molecule has 0 spiro atoms. The molecule has 32 valence electrons. The Balaban J connectivity index is 0. The van der Waals surface area contributed by atoms with Gasteiger partial charge in [-0.3, -0.25) is 0 Å². The molecule has 0 aliphatic rings. The van der Waals surface area contributed by atoms with Gasteiger partial charge in [0.2, 0.25) is 0 Å². The van der Waals surface area contributed by atoms with Gasteiger partial charge in [-0.05, 0) is 0 Å². The monoisotopic (exact) mass is 543 g/mol. The van der Waals surface area contributed by atoms with Crippen molar-refractivity contribution in [2.75, 3.05) is 0 Å². The van der Waals surface area contributed by atoms with Gasteiger partial charge in [0.15, 0.2) is 0 Å². The first kappa shape index (κ1) is 12.4. The van der Waals surface area contributed by atoms with E-state index in [-0.39, 0.29) is 38.8 Å². The van der Waals surface area contributed by atoms with Crippen LogP contribution in [0.25, 0.3) is 0 Å². The second kappa shape index (κ2) is 15.9.